The van der Waals surface area contributed by atoms with E-state index in [1.165, 1.54) is 41.3 Å². The lowest BCUT2D eigenvalue weighted by Gasteiger charge is -2.36. The molecule has 1 aromatic carbocycles. The van der Waals surface area contributed by atoms with Crippen LogP contribution in [0.25, 0.3) is 10.1 Å². The molecule has 0 amide bonds. The SMILES string of the molecule is CN(C)C1(CNCc2csc3ccccc23)CCCC1. The van der Waals surface area contributed by atoms with Crippen molar-refractivity contribution in [2.75, 3.05) is 20.6 Å². The van der Waals surface area contributed by atoms with Crippen molar-refractivity contribution in [2.24, 2.45) is 0 Å². The molecule has 1 aromatic heterocycles. The Morgan fingerprint density at radius 2 is 1.95 bits per heavy atom. The number of rotatable bonds is 5. The highest BCUT2D eigenvalue weighted by molar-refractivity contribution is 7.17. The van der Waals surface area contributed by atoms with Crippen molar-refractivity contribution in [1.82, 2.24) is 10.2 Å². The number of hydrogen-bond donors (Lipinski definition) is 1. The lowest BCUT2D eigenvalue weighted by molar-refractivity contribution is 0.153. The smallest absolute Gasteiger partial charge is 0.0346 e. The summed E-state index contributed by atoms with van der Waals surface area (Å²) in [7, 11) is 4.46. The van der Waals surface area contributed by atoms with E-state index in [-0.39, 0.29) is 0 Å². The number of nitrogens with zero attached hydrogens (tertiary/aromatic N) is 1. The number of benzene rings is 1. The summed E-state index contributed by atoms with van der Waals surface area (Å²) >= 11 is 1.85. The van der Waals surface area contributed by atoms with E-state index in [0.29, 0.717) is 5.54 Å². The third-order valence-electron chi connectivity index (χ3n) is 4.81. The predicted molar refractivity (Wildman–Crippen MR) is 88.4 cm³/mol. The van der Waals surface area contributed by atoms with Gasteiger partial charge in [0.05, 0.1) is 0 Å². The molecule has 0 unspecified atom stereocenters. The van der Waals surface area contributed by atoms with E-state index in [2.05, 4.69) is 54.0 Å². The highest BCUT2D eigenvalue weighted by Gasteiger charge is 2.35. The number of fused-ring (bicyclic) bond motifs is 1. The molecular weight excluding hydrogens is 264 g/mol. The summed E-state index contributed by atoms with van der Waals surface area (Å²) in [5, 5.41) is 7.42. The Morgan fingerprint density at radius 3 is 2.70 bits per heavy atom. The van der Waals surface area contributed by atoms with Gasteiger partial charge >= 0.3 is 0 Å². The van der Waals surface area contributed by atoms with Crippen LogP contribution in [0.15, 0.2) is 29.6 Å². The summed E-state index contributed by atoms with van der Waals surface area (Å²) in [6, 6.07) is 8.70. The van der Waals surface area contributed by atoms with Crippen molar-refractivity contribution in [2.45, 2.75) is 37.8 Å². The fourth-order valence-corrected chi connectivity index (χ4v) is 4.38. The Bertz CT molecular complexity index is 567. The van der Waals surface area contributed by atoms with Gasteiger partial charge in [0.25, 0.3) is 0 Å². The van der Waals surface area contributed by atoms with Gasteiger partial charge in [-0.05, 0) is 49.3 Å². The molecule has 1 N–H and O–H groups in total. The van der Waals surface area contributed by atoms with E-state index in [9.17, 15) is 0 Å². The Hall–Kier alpha value is -0.900. The van der Waals surface area contributed by atoms with E-state index in [0.717, 1.165) is 13.1 Å². The molecule has 1 fully saturated rings. The fraction of sp³-hybridized carbons (Fsp3) is 0.529. The zero-order valence-electron chi connectivity index (χ0n) is 12.5. The van der Waals surface area contributed by atoms with E-state index in [1.54, 1.807) is 0 Å². The molecule has 1 heterocycles. The third-order valence-corrected chi connectivity index (χ3v) is 5.83. The molecule has 1 saturated carbocycles. The summed E-state index contributed by atoms with van der Waals surface area (Å²) in [5.74, 6) is 0. The van der Waals surface area contributed by atoms with Crippen LogP contribution < -0.4 is 5.32 Å². The van der Waals surface area contributed by atoms with E-state index < -0.39 is 0 Å². The van der Waals surface area contributed by atoms with Crippen LogP contribution in [0.4, 0.5) is 0 Å². The molecule has 2 aromatic rings. The molecule has 0 aliphatic heterocycles. The first-order valence-electron chi connectivity index (χ1n) is 7.55. The first kappa shape index (κ1) is 14.1. The molecule has 0 atom stereocenters. The largest absolute Gasteiger partial charge is 0.311 e. The molecule has 0 saturated heterocycles. The van der Waals surface area contributed by atoms with Gasteiger partial charge in [-0.15, -0.1) is 11.3 Å². The molecule has 0 bridgehead atoms. The van der Waals surface area contributed by atoms with Crippen LogP contribution in [-0.2, 0) is 6.54 Å². The topological polar surface area (TPSA) is 15.3 Å². The normalized spacial score (nSPS) is 18.1. The highest BCUT2D eigenvalue weighted by atomic mass is 32.1. The first-order valence-corrected chi connectivity index (χ1v) is 8.42. The summed E-state index contributed by atoms with van der Waals surface area (Å²) in [5.41, 5.74) is 1.82. The Balaban J connectivity index is 1.65. The minimum atomic E-state index is 0.381. The van der Waals surface area contributed by atoms with Crippen LogP contribution in [0, 0.1) is 0 Å². The minimum Gasteiger partial charge on any atom is -0.311 e. The van der Waals surface area contributed by atoms with Gasteiger partial charge in [-0.1, -0.05) is 31.0 Å². The van der Waals surface area contributed by atoms with Crippen LogP contribution in [0.2, 0.25) is 0 Å². The van der Waals surface area contributed by atoms with E-state index >= 15 is 0 Å². The first-order chi connectivity index (χ1) is 9.71. The molecule has 20 heavy (non-hydrogen) atoms. The van der Waals surface area contributed by atoms with Gasteiger partial charge in [-0.2, -0.15) is 0 Å². The van der Waals surface area contributed by atoms with Gasteiger partial charge < -0.3 is 10.2 Å². The molecule has 1 aliphatic rings. The molecule has 108 valence electrons. The summed E-state index contributed by atoms with van der Waals surface area (Å²) in [4.78, 5) is 2.43. The van der Waals surface area contributed by atoms with Crippen LogP contribution in [-0.4, -0.2) is 31.1 Å². The summed E-state index contributed by atoms with van der Waals surface area (Å²) in [6.07, 6.45) is 5.41. The van der Waals surface area contributed by atoms with Gasteiger partial charge in [0.2, 0.25) is 0 Å². The van der Waals surface area contributed by atoms with Crippen LogP contribution in [0.1, 0.15) is 31.2 Å². The van der Waals surface area contributed by atoms with Crippen molar-refractivity contribution in [1.29, 1.82) is 0 Å². The van der Waals surface area contributed by atoms with Crippen LogP contribution in [0.5, 0.6) is 0 Å². The molecule has 1 aliphatic carbocycles. The molecular formula is C17H24N2S. The Labute approximate surface area is 125 Å². The van der Waals surface area contributed by atoms with Crippen molar-refractivity contribution in [3.63, 3.8) is 0 Å². The molecule has 2 nitrogen and oxygen atoms in total. The van der Waals surface area contributed by atoms with E-state index in [1.807, 2.05) is 11.3 Å². The average molecular weight is 288 g/mol. The standard InChI is InChI=1S/C17H24N2S/c1-19(2)17(9-5-6-10-17)13-18-11-14-12-20-16-8-4-3-7-15(14)16/h3-4,7-8,12,18H,5-6,9-11,13H2,1-2H3. The second-order valence-corrected chi connectivity index (χ2v) is 7.10. The van der Waals surface area contributed by atoms with Crippen LogP contribution >= 0.6 is 11.3 Å². The van der Waals surface area contributed by atoms with Gasteiger partial charge in [-0.3, -0.25) is 0 Å². The Kier molecular flexibility index (Phi) is 4.11. The molecule has 0 spiro atoms. The number of hydrogen-bond acceptors (Lipinski definition) is 3. The van der Waals surface area contributed by atoms with Crippen molar-refractivity contribution >= 4 is 21.4 Å². The maximum Gasteiger partial charge on any atom is 0.0346 e. The number of likely N-dealkylation sites (N-methyl/N-ethyl adjacent to an activating group) is 1. The summed E-state index contributed by atoms with van der Waals surface area (Å²) in [6.45, 7) is 2.09. The van der Waals surface area contributed by atoms with E-state index in [4.69, 9.17) is 0 Å². The number of thiophene rings is 1. The van der Waals surface area contributed by atoms with Gasteiger partial charge in [0.1, 0.15) is 0 Å². The predicted octanol–water partition coefficient (Wildman–Crippen LogP) is 3.87. The molecule has 0 radical (unpaired) electrons. The highest BCUT2D eigenvalue weighted by Crippen LogP contribution is 2.33. The average Bonchev–Trinajstić information content (AvgIpc) is 3.07. The fourth-order valence-electron chi connectivity index (χ4n) is 3.41. The maximum atomic E-state index is 3.71. The second-order valence-electron chi connectivity index (χ2n) is 6.19. The monoisotopic (exact) mass is 288 g/mol. The van der Waals surface area contributed by atoms with Gasteiger partial charge in [-0.25, -0.2) is 0 Å². The molecule has 3 rings (SSSR count). The van der Waals surface area contributed by atoms with Crippen molar-refractivity contribution in [3.05, 3.63) is 35.2 Å². The Morgan fingerprint density at radius 1 is 1.20 bits per heavy atom. The lowest BCUT2D eigenvalue weighted by atomic mass is 9.96. The number of nitrogens with one attached hydrogen (secondary N) is 1. The quantitative estimate of drug-likeness (QED) is 0.898. The van der Waals surface area contributed by atoms with Crippen molar-refractivity contribution < 1.29 is 0 Å². The van der Waals surface area contributed by atoms with Crippen molar-refractivity contribution in [3.8, 4) is 0 Å². The summed E-state index contributed by atoms with van der Waals surface area (Å²) < 4.78 is 1.40. The van der Waals surface area contributed by atoms with Gasteiger partial charge in [0, 0.05) is 23.3 Å². The lowest BCUT2D eigenvalue weighted by Crippen LogP contribution is -2.49. The molecule has 3 heteroatoms. The van der Waals surface area contributed by atoms with Gasteiger partial charge in [0.15, 0.2) is 0 Å². The van der Waals surface area contributed by atoms with Crippen LogP contribution in [0.3, 0.4) is 0 Å². The second kappa shape index (κ2) is 5.84. The zero-order chi connectivity index (χ0) is 14.0. The minimum absolute atomic E-state index is 0.381. The third kappa shape index (κ3) is 2.62. The zero-order valence-corrected chi connectivity index (χ0v) is 13.3. The maximum absolute atomic E-state index is 3.71.